The average molecular weight is 585 g/mol. The second-order valence-corrected chi connectivity index (χ2v) is 13.8. The van der Waals surface area contributed by atoms with Crippen LogP contribution in [0.15, 0.2) is 42.6 Å². The Morgan fingerprint density at radius 3 is 2.55 bits per heavy atom. The molecule has 0 spiro atoms. The predicted molar refractivity (Wildman–Crippen MR) is 139 cm³/mol. The van der Waals surface area contributed by atoms with Gasteiger partial charge in [0.25, 0.3) is 0 Å². The summed E-state index contributed by atoms with van der Waals surface area (Å²) in [4.78, 5) is 18.5. The molecule has 0 radical (unpaired) electrons. The van der Waals surface area contributed by atoms with Gasteiger partial charge in [-0.2, -0.15) is 0 Å². The summed E-state index contributed by atoms with van der Waals surface area (Å²) in [5.41, 5.74) is 0.328. The van der Waals surface area contributed by atoms with E-state index in [-0.39, 0.29) is 28.7 Å². The molecule has 1 N–H and O–H groups in total. The van der Waals surface area contributed by atoms with Gasteiger partial charge in [-0.25, -0.2) is 18.3 Å². The number of alkyl halides is 2. The topological polar surface area (TPSA) is 77.5 Å². The summed E-state index contributed by atoms with van der Waals surface area (Å²) in [6, 6.07) is 7.79. The van der Waals surface area contributed by atoms with E-state index in [0.717, 1.165) is 0 Å². The van der Waals surface area contributed by atoms with Gasteiger partial charge in [0.1, 0.15) is 16.6 Å². The number of hydrogen-bond donors (Lipinski definition) is 1. The summed E-state index contributed by atoms with van der Waals surface area (Å²) < 4.78 is 65.1. The van der Waals surface area contributed by atoms with Crippen LogP contribution in [-0.2, 0) is 27.6 Å². The summed E-state index contributed by atoms with van der Waals surface area (Å²) in [5.74, 6) is -0.754. The van der Waals surface area contributed by atoms with Gasteiger partial charge in [0, 0.05) is 16.1 Å². The molecule has 2 atom stereocenters. The maximum absolute atomic E-state index is 13.7. The zero-order valence-electron chi connectivity index (χ0n) is 20.6. The molecular weight excluding hydrogens is 561 g/mol. The van der Waals surface area contributed by atoms with E-state index in [2.05, 4.69) is 19.2 Å². The molecule has 1 fully saturated rings. The molecule has 1 aliphatic heterocycles. The van der Waals surface area contributed by atoms with Crippen molar-refractivity contribution in [3.05, 3.63) is 74.4 Å². The molecule has 0 saturated heterocycles. The van der Waals surface area contributed by atoms with E-state index in [1.54, 1.807) is 12.3 Å². The van der Waals surface area contributed by atoms with Gasteiger partial charge in [-0.05, 0) is 69.0 Å². The fraction of sp³-hybridized carbons (Fsp3) is 0.385. The summed E-state index contributed by atoms with van der Waals surface area (Å²) in [6.07, 6.45) is -0.943. The molecule has 1 aliphatic carbocycles. The normalized spacial score (nSPS) is 18.7. The average Bonchev–Trinajstić information content (AvgIpc) is 3.40. The number of rotatable bonds is 8. The quantitative estimate of drug-likeness (QED) is 0.339. The van der Waals surface area contributed by atoms with Crippen LogP contribution < -0.4 is 14.2 Å². The van der Waals surface area contributed by atoms with Crippen LogP contribution in [0.4, 0.5) is 13.2 Å². The van der Waals surface area contributed by atoms with Crippen molar-refractivity contribution < 1.29 is 31.6 Å². The molecule has 38 heavy (non-hydrogen) atoms. The van der Waals surface area contributed by atoms with E-state index in [1.165, 1.54) is 41.7 Å². The van der Waals surface area contributed by atoms with Crippen molar-refractivity contribution in [2.24, 2.45) is 0 Å². The summed E-state index contributed by atoms with van der Waals surface area (Å²) in [7, 11) is -1.48. The number of aromatic nitrogens is 1. The number of ketones is 1. The second-order valence-electron chi connectivity index (χ2n) is 10.3. The maximum Gasteiger partial charge on any atom is 0.586 e. The first-order valence-electron chi connectivity index (χ1n) is 11.8. The smallest absolute Gasteiger partial charge is 0.395 e. The van der Waals surface area contributed by atoms with Crippen LogP contribution in [0, 0.1) is 5.82 Å². The Hall–Kier alpha value is -2.47. The van der Waals surface area contributed by atoms with Gasteiger partial charge >= 0.3 is 6.29 Å². The van der Waals surface area contributed by atoms with Crippen molar-refractivity contribution in [3.8, 4) is 11.5 Å². The Bertz CT molecular complexity index is 1440. The number of nitrogens with one attached hydrogen (secondary N) is 1. The van der Waals surface area contributed by atoms with E-state index >= 15 is 0 Å². The number of ether oxygens (including phenoxy) is 2. The summed E-state index contributed by atoms with van der Waals surface area (Å²) in [5, 5.41) is 0.708. The molecule has 5 rings (SSSR count). The molecule has 0 amide bonds. The number of halogens is 4. The van der Waals surface area contributed by atoms with Gasteiger partial charge in [-0.15, -0.1) is 20.1 Å². The first kappa shape index (κ1) is 27.1. The molecule has 0 bridgehead atoms. The number of hydrogen-bond acceptors (Lipinski definition) is 6. The minimum atomic E-state index is -3.73. The SMILES string of the molecule is CC(C)(C)[S@@](=O)N[C@H](c1cnc(CC(=O)C2(c3ccc4c(c3)OC(F)(F)O4)CC2)s1)c1ccc(F)cc1Cl. The van der Waals surface area contributed by atoms with E-state index in [4.69, 9.17) is 11.6 Å². The van der Waals surface area contributed by atoms with Crippen LogP contribution >= 0.6 is 22.9 Å². The molecule has 2 aromatic carbocycles. The highest BCUT2D eigenvalue weighted by Gasteiger charge is 2.52. The number of Topliss-reactive ketones (excluding diaryl/α,β-unsaturated/α-hetero) is 1. The number of benzene rings is 2. The van der Waals surface area contributed by atoms with Crippen LogP contribution in [-0.4, -0.2) is 26.0 Å². The summed E-state index contributed by atoms with van der Waals surface area (Å²) >= 11 is 7.61. The van der Waals surface area contributed by atoms with Crippen LogP contribution in [0.5, 0.6) is 11.5 Å². The number of thiazole rings is 1. The largest absolute Gasteiger partial charge is 0.586 e. The fourth-order valence-corrected chi connectivity index (χ4v) is 6.40. The molecule has 0 unspecified atom stereocenters. The molecule has 202 valence electrons. The third-order valence-electron chi connectivity index (χ3n) is 6.46. The van der Waals surface area contributed by atoms with E-state index in [1.807, 2.05) is 20.8 Å². The van der Waals surface area contributed by atoms with Crippen molar-refractivity contribution in [3.63, 3.8) is 0 Å². The third kappa shape index (κ3) is 5.34. The number of fused-ring (bicyclic) bond motifs is 1. The van der Waals surface area contributed by atoms with E-state index in [0.29, 0.717) is 33.9 Å². The van der Waals surface area contributed by atoms with Crippen molar-refractivity contribution in [1.29, 1.82) is 0 Å². The third-order valence-corrected chi connectivity index (χ3v) is 9.41. The molecule has 12 heteroatoms. The predicted octanol–water partition coefficient (Wildman–Crippen LogP) is 6.24. The Balaban J connectivity index is 1.38. The van der Waals surface area contributed by atoms with Crippen molar-refractivity contribution in [2.75, 3.05) is 0 Å². The zero-order chi connectivity index (χ0) is 27.5. The number of carbonyl (C=O) groups excluding carboxylic acids is 1. The molecule has 1 saturated carbocycles. The van der Waals surface area contributed by atoms with Crippen molar-refractivity contribution in [1.82, 2.24) is 9.71 Å². The van der Waals surface area contributed by atoms with Gasteiger partial charge in [0.15, 0.2) is 11.5 Å². The van der Waals surface area contributed by atoms with Gasteiger partial charge in [0.05, 0.1) is 33.6 Å². The number of carbonyl (C=O) groups is 1. The summed E-state index contributed by atoms with van der Waals surface area (Å²) in [6.45, 7) is 5.47. The van der Waals surface area contributed by atoms with Crippen LogP contribution in [0.25, 0.3) is 0 Å². The Morgan fingerprint density at radius 2 is 1.89 bits per heavy atom. The van der Waals surface area contributed by atoms with Crippen molar-refractivity contribution >= 4 is 39.7 Å². The molecule has 2 aliphatic rings. The highest BCUT2D eigenvalue weighted by Crippen LogP contribution is 2.52. The molecule has 1 aromatic heterocycles. The lowest BCUT2D eigenvalue weighted by Crippen LogP contribution is -2.36. The van der Waals surface area contributed by atoms with Gasteiger partial charge in [0.2, 0.25) is 0 Å². The Kier molecular flexibility index (Phi) is 6.86. The first-order chi connectivity index (χ1) is 17.8. The standard InChI is InChI=1S/C26H24ClF3N2O4S2/c1-24(2,3)38(34)32-23(16-6-5-15(28)11-17(16)27)20-13-31-22(37-20)12-21(33)25(8-9-25)14-4-7-18-19(10-14)36-26(29,30)35-18/h4-7,10-11,13,23,32H,8-9,12H2,1-3H3/t23-,38+/m0/s1. The molecule has 6 nitrogen and oxygen atoms in total. The minimum Gasteiger partial charge on any atom is -0.395 e. The van der Waals surface area contributed by atoms with Gasteiger partial charge in [-0.3, -0.25) is 4.79 Å². The van der Waals surface area contributed by atoms with Crippen LogP contribution in [0.2, 0.25) is 5.02 Å². The lowest BCUT2D eigenvalue weighted by atomic mass is 9.89. The maximum atomic E-state index is 13.7. The zero-order valence-corrected chi connectivity index (χ0v) is 23.0. The van der Waals surface area contributed by atoms with Gasteiger partial charge in [-0.1, -0.05) is 23.7 Å². The minimum absolute atomic E-state index is 0.0293. The molecular formula is C26H24ClF3N2O4S2. The van der Waals surface area contributed by atoms with Crippen LogP contribution in [0.1, 0.15) is 60.7 Å². The van der Waals surface area contributed by atoms with E-state index in [9.17, 15) is 22.2 Å². The van der Waals surface area contributed by atoms with Crippen molar-refractivity contribution in [2.45, 2.75) is 62.5 Å². The fourth-order valence-electron chi connectivity index (χ4n) is 4.24. The lowest BCUT2D eigenvalue weighted by molar-refractivity contribution is -0.286. The Morgan fingerprint density at radius 1 is 1.18 bits per heavy atom. The second kappa shape index (κ2) is 9.62. The van der Waals surface area contributed by atoms with E-state index < -0.39 is 39.3 Å². The first-order valence-corrected chi connectivity index (χ1v) is 14.1. The monoisotopic (exact) mass is 584 g/mol. The number of nitrogens with zero attached hydrogens (tertiary/aromatic N) is 1. The highest BCUT2D eigenvalue weighted by molar-refractivity contribution is 7.84. The molecule has 2 heterocycles. The highest BCUT2D eigenvalue weighted by atomic mass is 35.5. The van der Waals surface area contributed by atoms with Crippen LogP contribution in [0.3, 0.4) is 0 Å². The Labute approximate surface area is 229 Å². The van der Waals surface area contributed by atoms with Gasteiger partial charge < -0.3 is 9.47 Å². The molecule has 3 aromatic rings. The lowest BCUT2D eigenvalue weighted by Gasteiger charge is -2.24.